The molecule has 0 aliphatic rings. The smallest absolute Gasteiger partial charge is 0.164 e. The second kappa shape index (κ2) is 10.3. The second-order valence-corrected chi connectivity index (χ2v) is 12.8. The van der Waals surface area contributed by atoms with Crippen molar-refractivity contribution in [3.63, 3.8) is 0 Å². The van der Waals surface area contributed by atoms with Gasteiger partial charge >= 0.3 is 0 Å². The van der Waals surface area contributed by atoms with Crippen LogP contribution in [0.1, 0.15) is 0 Å². The quantitative estimate of drug-likeness (QED) is 0.179. The molecule has 0 unspecified atom stereocenters. The molecule has 0 saturated carbocycles. The minimum atomic E-state index is 0.598. The molecular formula is C45H25N3O2. The van der Waals surface area contributed by atoms with Crippen molar-refractivity contribution in [1.82, 2.24) is 15.0 Å². The Morgan fingerprint density at radius 3 is 1.46 bits per heavy atom. The average molecular weight is 640 g/mol. The number of nitrogens with zero attached hydrogens (tertiary/aromatic N) is 3. The summed E-state index contributed by atoms with van der Waals surface area (Å²) in [6.45, 7) is 0. The van der Waals surface area contributed by atoms with E-state index in [1.807, 2.05) is 66.7 Å². The Labute approximate surface area is 285 Å². The molecule has 0 radical (unpaired) electrons. The van der Waals surface area contributed by atoms with Crippen LogP contribution in [0.2, 0.25) is 0 Å². The van der Waals surface area contributed by atoms with Gasteiger partial charge < -0.3 is 8.83 Å². The lowest BCUT2D eigenvalue weighted by Gasteiger charge is -2.10. The number of rotatable bonds is 4. The van der Waals surface area contributed by atoms with E-state index < -0.39 is 0 Å². The molecule has 0 fully saturated rings. The van der Waals surface area contributed by atoms with Crippen molar-refractivity contribution in [1.29, 1.82) is 0 Å². The molecular weight excluding hydrogens is 615 g/mol. The number of fused-ring (bicyclic) bond motifs is 6. The average Bonchev–Trinajstić information content (AvgIpc) is 3.76. The summed E-state index contributed by atoms with van der Waals surface area (Å²) >= 11 is 0. The fourth-order valence-corrected chi connectivity index (χ4v) is 7.53. The van der Waals surface area contributed by atoms with Gasteiger partial charge in [0, 0.05) is 38.2 Å². The highest BCUT2D eigenvalue weighted by molar-refractivity contribution is 6.33. The van der Waals surface area contributed by atoms with Gasteiger partial charge in [0.25, 0.3) is 0 Å². The first-order chi connectivity index (χ1) is 24.7. The van der Waals surface area contributed by atoms with Crippen LogP contribution in [0.15, 0.2) is 160 Å². The molecule has 3 aromatic heterocycles. The number of benzene rings is 8. The van der Waals surface area contributed by atoms with Crippen molar-refractivity contribution in [3.05, 3.63) is 152 Å². The zero-order valence-corrected chi connectivity index (χ0v) is 26.6. The Hall–Kier alpha value is -6.85. The Kier molecular flexibility index (Phi) is 5.60. The zero-order chi connectivity index (χ0) is 32.8. The molecule has 3 heterocycles. The van der Waals surface area contributed by atoms with Gasteiger partial charge in [-0.25, -0.2) is 15.0 Å². The van der Waals surface area contributed by atoms with E-state index >= 15 is 0 Å². The molecule has 5 nitrogen and oxygen atoms in total. The summed E-state index contributed by atoms with van der Waals surface area (Å²) in [5.41, 5.74) is 8.51. The lowest BCUT2D eigenvalue weighted by atomic mass is 9.92. The van der Waals surface area contributed by atoms with Crippen LogP contribution in [0.25, 0.3) is 111 Å². The molecule has 11 rings (SSSR count). The van der Waals surface area contributed by atoms with Crippen molar-refractivity contribution in [2.45, 2.75) is 0 Å². The summed E-state index contributed by atoms with van der Waals surface area (Å²) in [6, 6.07) is 52.2. The molecule has 0 saturated heterocycles. The zero-order valence-electron chi connectivity index (χ0n) is 26.6. The number of aromatic nitrogens is 3. The van der Waals surface area contributed by atoms with Crippen LogP contribution in [0, 0.1) is 0 Å². The minimum absolute atomic E-state index is 0.598. The van der Waals surface area contributed by atoms with Crippen LogP contribution in [0.3, 0.4) is 0 Å². The fraction of sp³-hybridized carbons (Fsp3) is 0. The molecule has 232 valence electrons. The van der Waals surface area contributed by atoms with E-state index in [2.05, 4.69) is 84.9 Å². The molecule has 0 bridgehead atoms. The van der Waals surface area contributed by atoms with Gasteiger partial charge in [0.05, 0.1) is 0 Å². The first-order valence-electron chi connectivity index (χ1n) is 16.7. The van der Waals surface area contributed by atoms with E-state index in [1.54, 1.807) is 0 Å². The maximum atomic E-state index is 6.45. The third kappa shape index (κ3) is 4.04. The van der Waals surface area contributed by atoms with E-state index in [1.165, 1.54) is 32.3 Å². The summed E-state index contributed by atoms with van der Waals surface area (Å²) < 4.78 is 12.7. The Bertz CT molecular complexity index is 3030. The molecule has 0 aliphatic heterocycles. The summed E-state index contributed by atoms with van der Waals surface area (Å²) in [7, 11) is 0. The van der Waals surface area contributed by atoms with Crippen molar-refractivity contribution in [2.24, 2.45) is 0 Å². The first kappa shape index (κ1) is 27.1. The third-order valence-corrected chi connectivity index (χ3v) is 9.88. The molecule has 5 heteroatoms. The van der Waals surface area contributed by atoms with E-state index in [4.69, 9.17) is 23.8 Å². The van der Waals surface area contributed by atoms with E-state index in [0.717, 1.165) is 60.9 Å². The topological polar surface area (TPSA) is 65.0 Å². The van der Waals surface area contributed by atoms with Crippen LogP contribution in [-0.2, 0) is 0 Å². The maximum absolute atomic E-state index is 6.45. The van der Waals surface area contributed by atoms with Gasteiger partial charge in [0.15, 0.2) is 17.5 Å². The standard InChI is InChI=1S/C45H25N3O2/c1-3-9-26(10-4-1)43-46-44(27-11-5-2-6-12-27)48-45(47-43)30-18-21-32-36-24-29(19-22-37(36)49-40(32)25-30)28-17-20-31-33-13-7-15-38-41(33)42-34(35(31)23-28)14-8-16-39(42)50-38/h1-25H. The maximum Gasteiger partial charge on any atom is 0.164 e. The summed E-state index contributed by atoms with van der Waals surface area (Å²) in [5, 5.41) is 9.39. The predicted octanol–water partition coefficient (Wildman–Crippen LogP) is 12.1. The van der Waals surface area contributed by atoms with E-state index in [0.29, 0.717) is 17.5 Å². The fourth-order valence-electron chi connectivity index (χ4n) is 7.53. The van der Waals surface area contributed by atoms with Crippen LogP contribution in [0.4, 0.5) is 0 Å². The molecule has 0 N–H and O–H groups in total. The van der Waals surface area contributed by atoms with Crippen molar-refractivity contribution in [2.75, 3.05) is 0 Å². The van der Waals surface area contributed by atoms with Crippen molar-refractivity contribution in [3.8, 4) is 45.3 Å². The summed E-state index contributed by atoms with van der Waals surface area (Å²) in [6.07, 6.45) is 0. The molecule has 0 spiro atoms. The molecule has 0 atom stereocenters. The van der Waals surface area contributed by atoms with Gasteiger partial charge in [-0.2, -0.15) is 0 Å². The third-order valence-electron chi connectivity index (χ3n) is 9.88. The van der Waals surface area contributed by atoms with Gasteiger partial charge in [-0.15, -0.1) is 0 Å². The number of furan rings is 2. The molecule has 0 aliphatic carbocycles. The first-order valence-corrected chi connectivity index (χ1v) is 16.7. The Morgan fingerprint density at radius 1 is 0.280 bits per heavy atom. The molecule has 11 aromatic rings. The van der Waals surface area contributed by atoms with Crippen LogP contribution in [0.5, 0.6) is 0 Å². The van der Waals surface area contributed by atoms with E-state index in [9.17, 15) is 0 Å². The Morgan fingerprint density at radius 2 is 0.800 bits per heavy atom. The highest BCUT2D eigenvalue weighted by atomic mass is 16.3. The van der Waals surface area contributed by atoms with Crippen molar-refractivity contribution >= 4 is 65.4 Å². The monoisotopic (exact) mass is 639 g/mol. The molecule has 50 heavy (non-hydrogen) atoms. The normalized spacial score (nSPS) is 12.0. The second-order valence-electron chi connectivity index (χ2n) is 12.8. The Balaban J connectivity index is 1.04. The van der Waals surface area contributed by atoms with Gasteiger partial charge in [-0.1, -0.05) is 109 Å². The SMILES string of the molecule is c1ccc(-c2nc(-c3ccccc3)nc(-c3ccc4c(c3)oc3ccc(-c5ccc6c(c5)c5cccc7oc8cccc6c8c75)cc34)n2)cc1. The number of hydrogen-bond donors (Lipinski definition) is 0. The van der Waals surface area contributed by atoms with Gasteiger partial charge in [-0.05, 0) is 75.1 Å². The lowest BCUT2D eigenvalue weighted by molar-refractivity contribution is 0.669. The molecule has 0 amide bonds. The van der Waals surface area contributed by atoms with Gasteiger partial charge in [0.2, 0.25) is 0 Å². The highest BCUT2D eigenvalue weighted by Crippen LogP contribution is 2.43. The van der Waals surface area contributed by atoms with Crippen LogP contribution in [-0.4, -0.2) is 15.0 Å². The summed E-state index contributed by atoms with van der Waals surface area (Å²) in [4.78, 5) is 14.7. The summed E-state index contributed by atoms with van der Waals surface area (Å²) in [5.74, 6) is 1.86. The van der Waals surface area contributed by atoms with Gasteiger partial charge in [-0.3, -0.25) is 0 Å². The minimum Gasteiger partial charge on any atom is -0.456 e. The molecule has 8 aromatic carbocycles. The lowest BCUT2D eigenvalue weighted by Crippen LogP contribution is -2.00. The van der Waals surface area contributed by atoms with Crippen LogP contribution >= 0.6 is 0 Å². The van der Waals surface area contributed by atoms with Crippen molar-refractivity contribution < 1.29 is 8.83 Å². The van der Waals surface area contributed by atoms with Crippen LogP contribution < -0.4 is 0 Å². The predicted molar refractivity (Wildman–Crippen MR) is 202 cm³/mol. The van der Waals surface area contributed by atoms with Gasteiger partial charge in [0.1, 0.15) is 22.3 Å². The van der Waals surface area contributed by atoms with E-state index in [-0.39, 0.29) is 0 Å². The largest absolute Gasteiger partial charge is 0.456 e. The number of hydrogen-bond acceptors (Lipinski definition) is 5. The highest BCUT2D eigenvalue weighted by Gasteiger charge is 2.18.